The van der Waals surface area contributed by atoms with Crippen molar-refractivity contribution in [2.24, 2.45) is 0 Å². The van der Waals surface area contributed by atoms with Crippen LogP contribution in [-0.4, -0.2) is 33.5 Å². The first-order chi connectivity index (χ1) is 9.92. The molecular weight excluding hydrogens is 375 g/mol. The van der Waals surface area contributed by atoms with E-state index in [0.29, 0.717) is 0 Å². The van der Waals surface area contributed by atoms with Gasteiger partial charge in [-0.15, -0.1) is 0 Å². The van der Waals surface area contributed by atoms with Gasteiger partial charge >= 0.3 is 134 Å². The molecule has 0 aliphatic carbocycles. The predicted molar refractivity (Wildman–Crippen MR) is 82.4 cm³/mol. The average Bonchev–Trinajstić information content (AvgIpc) is 3.14. The molecule has 2 aliphatic heterocycles. The van der Waals surface area contributed by atoms with E-state index in [2.05, 4.69) is 30.9 Å². The topological polar surface area (TPSA) is 51.6 Å². The van der Waals surface area contributed by atoms with Crippen molar-refractivity contribution in [2.75, 3.05) is 0 Å². The van der Waals surface area contributed by atoms with Gasteiger partial charge in [0.05, 0.1) is 0 Å². The summed E-state index contributed by atoms with van der Waals surface area (Å²) in [5.41, 5.74) is 7.57. The normalized spacial score (nSPS) is 15.2. The Labute approximate surface area is 133 Å². The van der Waals surface area contributed by atoms with Gasteiger partial charge in [0.1, 0.15) is 0 Å². The molecule has 0 saturated heterocycles. The summed E-state index contributed by atoms with van der Waals surface area (Å²) >= 11 is 5.46. The van der Waals surface area contributed by atoms with Gasteiger partial charge in [0.25, 0.3) is 0 Å². The molecule has 0 amide bonds. The van der Waals surface area contributed by atoms with Crippen LogP contribution in [0.1, 0.15) is 11.1 Å². The quantitative estimate of drug-likeness (QED) is 0.558. The number of thioether (sulfide) groups is 2. The molecule has 0 saturated carbocycles. The Morgan fingerprint density at radius 1 is 0.950 bits per heavy atom. The van der Waals surface area contributed by atoms with Gasteiger partial charge in [0.15, 0.2) is 0 Å². The van der Waals surface area contributed by atoms with Gasteiger partial charge in [0.2, 0.25) is 0 Å². The molecule has 8 heteroatoms. The van der Waals surface area contributed by atoms with Gasteiger partial charge in [-0.3, -0.25) is 0 Å². The van der Waals surface area contributed by atoms with Crippen molar-refractivity contribution in [3.8, 4) is 22.5 Å². The Morgan fingerprint density at radius 2 is 1.75 bits per heavy atom. The van der Waals surface area contributed by atoms with Crippen LogP contribution in [0.5, 0.6) is 0 Å². The molecule has 1 aromatic carbocycles. The second-order valence-electron chi connectivity index (χ2n) is 4.51. The third-order valence-electron chi connectivity index (χ3n) is 3.55. The van der Waals surface area contributed by atoms with E-state index >= 15 is 0 Å². The molecule has 5 rings (SSSR count). The van der Waals surface area contributed by atoms with Crippen molar-refractivity contribution in [1.29, 1.82) is 0 Å². The maximum atomic E-state index is 4.36. The molecule has 2 aliphatic rings. The Morgan fingerprint density at radius 3 is 2.65 bits per heavy atom. The van der Waals surface area contributed by atoms with Crippen LogP contribution in [0.4, 0.5) is 0 Å². The molecule has 2 aromatic heterocycles. The number of benzene rings is 1. The van der Waals surface area contributed by atoms with Crippen molar-refractivity contribution in [1.82, 2.24) is 18.8 Å². The minimum absolute atomic E-state index is 0.203. The number of nitrogens with zero attached hydrogens (tertiary/aromatic N) is 4. The molecule has 4 heterocycles. The van der Waals surface area contributed by atoms with Crippen LogP contribution in [0.15, 0.2) is 20.1 Å². The summed E-state index contributed by atoms with van der Waals surface area (Å²) in [6.45, 7) is 0. The number of fused-ring (bicyclic) bond motifs is 7. The Kier molecular flexibility index (Phi) is 2.64. The first-order valence-corrected chi connectivity index (χ1v) is 10.3. The van der Waals surface area contributed by atoms with Crippen LogP contribution in [0, 0.1) is 0 Å². The average molecular weight is 381 g/mol. The number of aromatic nitrogens is 4. The first kappa shape index (κ1) is 11.9. The van der Waals surface area contributed by atoms with Crippen molar-refractivity contribution < 1.29 is 0 Å². The molecular formula is C12H6N4S3Se. The fourth-order valence-corrected chi connectivity index (χ4v) is 7.17. The summed E-state index contributed by atoms with van der Waals surface area (Å²) < 4.78 is 10.9. The summed E-state index contributed by atoms with van der Waals surface area (Å²) in [7, 11) is 0. The van der Waals surface area contributed by atoms with E-state index in [1.165, 1.54) is 41.8 Å². The van der Waals surface area contributed by atoms with E-state index in [0.717, 1.165) is 22.9 Å². The number of rotatable bonds is 0. The SMILES string of the molecule is c1cc2c(c3c1-c1nnsc1SC3)CSc1[se]nnc1-2. The standard InChI is InChI=1S/C12H6N4S3Se/c1-2-6-8(4-18-12-10(6)14-16-20-12)7-3-17-11-9(5(1)7)13-15-19-11/h1-2H,3-4H2. The second kappa shape index (κ2) is 4.42. The van der Waals surface area contributed by atoms with Gasteiger partial charge in [-0.25, -0.2) is 0 Å². The molecule has 0 fully saturated rings. The zero-order valence-corrected chi connectivity index (χ0v) is 14.2. The monoisotopic (exact) mass is 382 g/mol. The van der Waals surface area contributed by atoms with E-state index < -0.39 is 0 Å². The van der Waals surface area contributed by atoms with Crippen LogP contribution in [0.3, 0.4) is 0 Å². The predicted octanol–water partition coefficient (Wildman–Crippen LogP) is 2.93. The number of hydrogen-bond donors (Lipinski definition) is 0. The summed E-state index contributed by atoms with van der Waals surface area (Å²) in [5, 5.41) is 8.66. The fraction of sp³-hybridized carbons (Fsp3) is 0.167. The Balaban J connectivity index is 1.80. The van der Waals surface area contributed by atoms with E-state index in [-0.39, 0.29) is 14.7 Å². The molecule has 20 heavy (non-hydrogen) atoms. The zero-order chi connectivity index (χ0) is 13.1. The molecule has 0 N–H and O–H groups in total. The van der Waals surface area contributed by atoms with Crippen molar-refractivity contribution in [3.05, 3.63) is 23.3 Å². The van der Waals surface area contributed by atoms with E-state index in [4.69, 9.17) is 0 Å². The van der Waals surface area contributed by atoms with Crippen LogP contribution < -0.4 is 0 Å². The van der Waals surface area contributed by atoms with Gasteiger partial charge in [-0.1, -0.05) is 0 Å². The second-order valence-corrected chi connectivity index (χ2v) is 9.66. The van der Waals surface area contributed by atoms with Gasteiger partial charge in [-0.05, 0) is 0 Å². The first-order valence-electron chi connectivity index (χ1n) is 5.97. The molecule has 0 unspecified atom stereocenters. The van der Waals surface area contributed by atoms with E-state index in [9.17, 15) is 0 Å². The zero-order valence-electron chi connectivity index (χ0n) is 9.99. The maximum absolute atomic E-state index is 4.36. The van der Waals surface area contributed by atoms with Gasteiger partial charge in [0, 0.05) is 0 Å². The summed E-state index contributed by atoms with van der Waals surface area (Å²) in [6, 6.07) is 4.39. The van der Waals surface area contributed by atoms with Gasteiger partial charge < -0.3 is 0 Å². The molecule has 0 bridgehead atoms. The van der Waals surface area contributed by atoms with Gasteiger partial charge in [-0.2, -0.15) is 0 Å². The summed E-state index contributed by atoms with van der Waals surface area (Å²) in [6.07, 6.45) is 0. The molecule has 3 aromatic rings. The van der Waals surface area contributed by atoms with E-state index in [1.807, 2.05) is 23.5 Å². The van der Waals surface area contributed by atoms with Crippen molar-refractivity contribution in [3.63, 3.8) is 0 Å². The third kappa shape index (κ3) is 1.57. The number of hydrogen-bond acceptors (Lipinski definition) is 7. The molecule has 0 spiro atoms. The van der Waals surface area contributed by atoms with Crippen LogP contribution in [0.25, 0.3) is 22.5 Å². The van der Waals surface area contributed by atoms with Crippen LogP contribution >= 0.6 is 35.1 Å². The molecule has 0 atom stereocenters. The Hall–Kier alpha value is -0.661. The summed E-state index contributed by atoms with van der Waals surface area (Å²) in [5.74, 6) is 2.05. The third-order valence-corrected chi connectivity index (χ3v) is 8.65. The molecule has 0 radical (unpaired) electrons. The molecule has 4 nitrogen and oxygen atoms in total. The Bertz CT molecular complexity index is 772. The van der Waals surface area contributed by atoms with Crippen molar-refractivity contribution >= 4 is 49.8 Å². The molecule has 98 valence electrons. The summed E-state index contributed by atoms with van der Waals surface area (Å²) in [4.78, 5) is 0. The van der Waals surface area contributed by atoms with Crippen LogP contribution in [-0.2, 0) is 11.5 Å². The van der Waals surface area contributed by atoms with Crippen molar-refractivity contribution in [2.45, 2.75) is 19.5 Å². The van der Waals surface area contributed by atoms with E-state index in [1.54, 1.807) is 0 Å². The minimum atomic E-state index is 0.203. The van der Waals surface area contributed by atoms with Crippen LogP contribution in [0.2, 0.25) is 0 Å². The fourth-order valence-electron chi connectivity index (χ4n) is 2.62.